The van der Waals surface area contributed by atoms with Crippen LogP contribution in [0.4, 0.5) is 22.7 Å². The van der Waals surface area contributed by atoms with Gasteiger partial charge in [0.2, 0.25) is 11.4 Å². The molecule has 0 aliphatic carbocycles. The van der Waals surface area contributed by atoms with E-state index in [1.165, 1.54) is 128 Å². The second-order valence-electron chi connectivity index (χ2n) is 22.6. The smallest absolute Gasteiger partial charge is 0.210 e. The summed E-state index contributed by atoms with van der Waals surface area (Å²) in [5.41, 5.74) is 16.6. The maximum absolute atomic E-state index is 2.59. The van der Waals surface area contributed by atoms with Gasteiger partial charge < -0.3 is 9.80 Å². The molecular weight excluding hydrogens is 861 g/mol. The molecule has 0 spiro atoms. The Hall–Kier alpha value is -6.26. The van der Waals surface area contributed by atoms with Gasteiger partial charge in [0, 0.05) is 88.5 Å². The monoisotopic (exact) mass is 941 g/mol. The van der Waals surface area contributed by atoms with E-state index in [-0.39, 0.29) is 21.7 Å². The van der Waals surface area contributed by atoms with E-state index in [1.807, 2.05) is 0 Å². The minimum atomic E-state index is -0.0605. The Kier molecular flexibility index (Phi) is 13.8. The SMILES string of the molecule is CCCCN1/C(=C\C=C\C2=[N+](C)c3ccc4ccccc4c3C2(C)C)C(C)(C)c2ccccc21.CCCCN1/C(=C\C=C\C2=[N+](CCCC)c3ccc4ccccc4c3C2(C)C)C(C)(C)c2ccccc21. The molecule has 6 aromatic rings. The summed E-state index contributed by atoms with van der Waals surface area (Å²) in [4.78, 5) is 5.10. The fraction of sp³-hybridized carbons (Fsp3) is 0.373. The highest BCUT2D eigenvalue weighted by Crippen LogP contribution is 2.50. The van der Waals surface area contributed by atoms with Gasteiger partial charge in [-0.3, -0.25) is 0 Å². The fourth-order valence-corrected chi connectivity index (χ4v) is 12.6. The minimum absolute atomic E-state index is 0.00436. The molecular formula is C67H80N4+2. The summed E-state index contributed by atoms with van der Waals surface area (Å²) in [6, 6.07) is 44.7. The van der Waals surface area contributed by atoms with Crippen molar-refractivity contribution in [3.8, 4) is 0 Å². The zero-order valence-corrected chi connectivity index (χ0v) is 45.2. The van der Waals surface area contributed by atoms with Crippen LogP contribution in [0.25, 0.3) is 21.5 Å². The van der Waals surface area contributed by atoms with Gasteiger partial charge in [0.05, 0.1) is 10.8 Å². The molecule has 0 radical (unpaired) electrons. The molecule has 0 saturated heterocycles. The topological polar surface area (TPSA) is 12.5 Å². The zero-order chi connectivity index (χ0) is 50.3. The zero-order valence-electron chi connectivity index (χ0n) is 45.2. The number of hydrogen-bond acceptors (Lipinski definition) is 2. The first kappa shape index (κ1) is 49.7. The van der Waals surface area contributed by atoms with Gasteiger partial charge in [-0.2, -0.15) is 9.15 Å². The lowest BCUT2D eigenvalue weighted by atomic mass is 9.79. The molecule has 4 aliphatic rings. The predicted molar refractivity (Wildman–Crippen MR) is 307 cm³/mol. The molecule has 4 heteroatoms. The summed E-state index contributed by atoms with van der Waals surface area (Å²) in [6.45, 7) is 29.0. The molecule has 0 N–H and O–H groups in total. The van der Waals surface area contributed by atoms with Gasteiger partial charge in [-0.25, -0.2) is 0 Å². The molecule has 0 unspecified atom stereocenters. The van der Waals surface area contributed by atoms with Crippen LogP contribution in [0, 0.1) is 0 Å². The summed E-state index contributed by atoms with van der Waals surface area (Å²) in [7, 11) is 2.21. The summed E-state index contributed by atoms with van der Waals surface area (Å²) >= 11 is 0. The maximum Gasteiger partial charge on any atom is 0.210 e. The highest BCUT2D eigenvalue weighted by atomic mass is 15.2. The van der Waals surface area contributed by atoms with Crippen molar-refractivity contribution in [3.05, 3.63) is 191 Å². The Morgan fingerprint density at radius 1 is 0.451 bits per heavy atom. The number of anilines is 2. The highest BCUT2D eigenvalue weighted by molar-refractivity contribution is 6.09. The summed E-state index contributed by atoms with van der Waals surface area (Å²) in [5, 5.41) is 5.38. The second kappa shape index (κ2) is 19.7. The van der Waals surface area contributed by atoms with E-state index in [1.54, 1.807) is 0 Å². The van der Waals surface area contributed by atoms with Crippen LogP contribution < -0.4 is 9.80 Å². The number of para-hydroxylation sites is 2. The lowest BCUT2D eigenvalue weighted by Crippen LogP contribution is -2.28. The Balaban J connectivity index is 0.000000176. The summed E-state index contributed by atoms with van der Waals surface area (Å²) < 4.78 is 4.96. The molecule has 71 heavy (non-hydrogen) atoms. The number of allylic oxidation sites excluding steroid dienone is 8. The maximum atomic E-state index is 2.59. The number of benzene rings is 6. The molecule has 0 fully saturated rings. The second-order valence-corrected chi connectivity index (χ2v) is 22.6. The first-order chi connectivity index (χ1) is 34.1. The lowest BCUT2D eigenvalue weighted by molar-refractivity contribution is -0.438. The first-order valence-corrected chi connectivity index (χ1v) is 26.9. The molecule has 10 rings (SSSR count). The average Bonchev–Trinajstić information content (AvgIpc) is 3.90. The minimum Gasteiger partial charge on any atom is -0.344 e. The van der Waals surface area contributed by atoms with Crippen LogP contribution in [-0.4, -0.2) is 47.3 Å². The summed E-state index contributed by atoms with van der Waals surface area (Å²) in [5.74, 6) is 0. The third kappa shape index (κ3) is 8.64. The van der Waals surface area contributed by atoms with E-state index in [9.17, 15) is 0 Å². The quantitative estimate of drug-likeness (QED) is 0.107. The van der Waals surface area contributed by atoms with Gasteiger partial charge in [-0.1, -0.05) is 165 Å². The molecule has 0 saturated carbocycles. The normalized spacial score (nSPS) is 19.2. The van der Waals surface area contributed by atoms with Crippen LogP contribution in [-0.2, 0) is 21.7 Å². The third-order valence-corrected chi connectivity index (χ3v) is 16.5. The van der Waals surface area contributed by atoms with Crippen LogP contribution in [0.1, 0.15) is 137 Å². The highest BCUT2D eigenvalue weighted by Gasteiger charge is 2.47. The number of nitrogens with zero attached hydrogens (tertiary/aromatic N) is 4. The molecule has 4 aliphatic heterocycles. The largest absolute Gasteiger partial charge is 0.344 e. The van der Waals surface area contributed by atoms with E-state index in [4.69, 9.17) is 0 Å². The first-order valence-electron chi connectivity index (χ1n) is 26.9. The van der Waals surface area contributed by atoms with Crippen molar-refractivity contribution in [2.75, 3.05) is 36.5 Å². The van der Waals surface area contributed by atoms with Gasteiger partial charge in [-0.05, 0) is 110 Å². The molecule has 366 valence electrons. The van der Waals surface area contributed by atoms with E-state index < -0.39 is 0 Å². The van der Waals surface area contributed by atoms with E-state index in [0.29, 0.717) is 0 Å². The molecule has 0 aromatic heterocycles. The van der Waals surface area contributed by atoms with Gasteiger partial charge in [0.1, 0.15) is 13.6 Å². The van der Waals surface area contributed by atoms with E-state index in [0.717, 1.165) is 19.6 Å². The number of rotatable bonds is 13. The lowest BCUT2D eigenvalue weighted by Gasteiger charge is -2.27. The van der Waals surface area contributed by atoms with Gasteiger partial charge >= 0.3 is 0 Å². The molecule has 0 bridgehead atoms. The van der Waals surface area contributed by atoms with Crippen LogP contribution >= 0.6 is 0 Å². The van der Waals surface area contributed by atoms with Crippen molar-refractivity contribution in [1.29, 1.82) is 0 Å². The van der Waals surface area contributed by atoms with Gasteiger partial charge in [0.15, 0.2) is 11.4 Å². The molecule has 4 heterocycles. The number of unbranched alkanes of at least 4 members (excludes halogenated alkanes) is 3. The Morgan fingerprint density at radius 3 is 1.38 bits per heavy atom. The van der Waals surface area contributed by atoms with Crippen molar-refractivity contribution in [2.45, 2.75) is 136 Å². The Morgan fingerprint density at radius 2 is 0.873 bits per heavy atom. The number of fused-ring (bicyclic) bond motifs is 8. The average molecular weight is 941 g/mol. The van der Waals surface area contributed by atoms with Gasteiger partial charge in [0.25, 0.3) is 0 Å². The molecule has 4 nitrogen and oxygen atoms in total. The van der Waals surface area contributed by atoms with Crippen LogP contribution in [0.2, 0.25) is 0 Å². The van der Waals surface area contributed by atoms with E-state index in [2.05, 4.69) is 260 Å². The van der Waals surface area contributed by atoms with Crippen LogP contribution in [0.5, 0.6) is 0 Å². The van der Waals surface area contributed by atoms with Crippen molar-refractivity contribution >= 4 is 55.7 Å². The standard InChI is InChI=1S/C35H43N2.C32H37N2/c1-7-9-24-36-29-19-14-13-18-28(29)34(3,4)31(36)20-15-21-32-35(5,6)33-27-17-12-11-16-26(27)22-23-30(33)37(32)25-10-8-2;1-7-8-22-34-26-17-12-11-16-25(26)31(2,3)29(34)19-13-18-28-32(4,5)30-24-15-10-9-14-23(24)20-21-27(30)33(28)6/h11-23H,7-10,24-25H2,1-6H3;9-21H,7-8,22H2,1-6H3/q2*+1. The predicted octanol–water partition coefficient (Wildman–Crippen LogP) is 16.9. The number of hydrogen-bond donors (Lipinski definition) is 0. The van der Waals surface area contributed by atoms with Crippen LogP contribution in [0.15, 0.2) is 169 Å². The van der Waals surface area contributed by atoms with Crippen molar-refractivity contribution in [2.24, 2.45) is 0 Å². The fourth-order valence-electron chi connectivity index (χ4n) is 12.6. The van der Waals surface area contributed by atoms with E-state index >= 15 is 0 Å². The molecule has 0 amide bonds. The summed E-state index contributed by atoms with van der Waals surface area (Å²) in [6.07, 6.45) is 21.3. The van der Waals surface area contributed by atoms with Crippen LogP contribution in [0.3, 0.4) is 0 Å². The van der Waals surface area contributed by atoms with Gasteiger partial charge in [-0.15, -0.1) is 0 Å². The molecule has 0 atom stereocenters. The van der Waals surface area contributed by atoms with Crippen molar-refractivity contribution in [3.63, 3.8) is 0 Å². The van der Waals surface area contributed by atoms with Crippen molar-refractivity contribution < 1.29 is 9.15 Å². The van der Waals surface area contributed by atoms with Crippen molar-refractivity contribution in [1.82, 2.24) is 0 Å². The molecule has 6 aromatic carbocycles. The Bertz CT molecular complexity index is 3180. The Labute approximate surface area is 427 Å². The third-order valence-electron chi connectivity index (χ3n) is 16.5.